The Morgan fingerprint density at radius 1 is 1.25 bits per heavy atom. The highest BCUT2D eigenvalue weighted by atomic mass is 79.9. The van der Waals surface area contributed by atoms with Crippen molar-refractivity contribution < 1.29 is 23.9 Å². The van der Waals surface area contributed by atoms with Crippen molar-refractivity contribution in [3.05, 3.63) is 59.1 Å². The second-order valence-corrected chi connectivity index (χ2v) is 10.9. The molecule has 210 valence electrons. The molecule has 1 aliphatic carbocycles. The minimum absolute atomic E-state index is 0.135. The van der Waals surface area contributed by atoms with Crippen molar-refractivity contribution in [2.24, 2.45) is 5.41 Å². The molecule has 0 spiro atoms. The molecule has 3 aromatic heterocycles. The molecule has 0 bridgehead atoms. The fourth-order valence-corrected chi connectivity index (χ4v) is 5.79. The molecule has 0 aromatic carbocycles. The monoisotopic (exact) mass is 610 g/mol. The van der Waals surface area contributed by atoms with Gasteiger partial charge in [0.25, 0.3) is 0 Å². The molecule has 4 heterocycles. The maximum Gasteiger partial charge on any atom is 0.248 e. The number of Topliss-reactive ketones (excluding diaryl/α,β-unsaturated/α-hetero) is 1. The lowest BCUT2D eigenvalue weighted by molar-refractivity contribution is -0.138. The first-order valence-electron chi connectivity index (χ1n) is 13.1. The quantitative estimate of drug-likeness (QED) is 0.143. The average Bonchev–Trinajstić information content (AvgIpc) is 3.34. The van der Waals surface area contributed by atoms with Gasteiger partial charge in [0.1, 0.15) is 28.7 Å². The van der Waals surface area contributed by atoms with Crippen molar-refractivity contribution in [3.8, 4) is 0 Å². The molecule has 2 aliphatic rings. The number of fused-ring (bicyclic) bond motifs is 2. The van der Waals surface area contributed by atoms with Crippen LogP contribution in [-0.4, -0.2) is 74.2 Å². The molecular formula is C28H31BrN6O5. The van der Waals surface area contributed by atoms with Crippen molar-refractivity contribution in [2.75, 3.05) is 25.1 Å². The third-order valence-corrected chi connectivity index (χ3v) is 7.90. The molecule has 1 aliphatic heterocycles. The van der Waals surface area contributed by atoms with Crippen LogP contribution in [0.25, 0.3) is 10.9 Å². The number of likely N-dealkylation sites (tertiary alicyclic amines) is 1. The van der Waals surface area contributed by atoms with Gasteiger partial charge in [0.2, 0.25) is 11.8 Å². The maximum atomic E-state index is 13.9. The minimum Gasteiger partial charge on any atom is -0.377 e. The van der Waals surface area contributed by atoms with Crippen LogP contribution in [0.1, 0.15) is 42.7 Å². The number of nitrogens with one attached hydrogen (secondary N) is 1. The minimum atomic E-state index is -0.730. The van der Waals surface area contributed by atoms with E-state index in [0.29, 0.717) is 54.2 Å². The summed E-state index contributed by atoms with van der Waals surface area (Å²) in [4.78, 5) is 50.0. The fraction of sp³-hybridized carbons (Fsp3) is 0.429. The lowest BCUT2D eigenvalue weighted by atomic mass is 10.00. The van der Waals surface area contributed by atoms with E-state index < -0.39 is 6.04 Å². The summed E-state index contributed by atoms with van der Waals surface area (Å²) in [5, 5.41) is 7.99. The predicted molar refractivity (Wildman–Crippen MR) is 151 cm³/mol. The van der Waals surface area contributed by atoms with Crippen LogP contribution < -0.4 is 5.32 Å². The second kappa shape index (κ2) is 11.6. The Bertz CT molecular complexity index is 1470. The van der Waals surface area contributed by atoms with Crippen molar-refractivity contribution in [1.29, 1.82) is 0 Å². The summed E-state index contributed by atoms with van der Waals surface area (Å²) >= 11 is 3.37. The topological polar surface area (TPSA) is 129 Å². The van der Waals surface area contributed by atoms with Gasteiger partial charge in [-0.25, -0.2) is 4.98 Å². The van der Waals surface area contributed by atoms with E-state index in [1.165, 1.54) is 11.6 Å². The molecule has 0 unspecified atom stereocenters. The number of amides is 2. The van der Waals surface area contributed by atoms with Gasteiger partial charge < -0.3 is 19.7 Å². The third-order valence-electron chi connectivity index (χ3n) is 7.45. The molecule has 2 amide bonds. The van der Waals surface area contributed by atoms with Crippen LogP contribution in [0.5, 0.6) is 0 Å². The number of hydrogen-bond acceptors (Lipinski definition) is 8. The van der Waals surface area contributed by atoms with E-state index in [-0.39, 0.29) is 41.3 Å². The molecule has 3 aromatic rings. The Kier molecular flexibility index (Phi) is 8.11. The second-order valence-electron chi connectivity index (χ2n) is 10.1. The zero-order valence-electron chi connectivity index (χ0n) is 22.4. The first-order chi connectivity index (χ1) is 19.3. The number of halogens is 1. The molecule has 0 radical (unpaired) electrons. The van der Waals surface area contributed by atoms with Gasteiger partial charge in [-0.05, 0) is 47.8 Å². The van der Waals surface area contributed by atoms with Gasteiger partial charge in [-0.15, -0.1) is 6.58 Å². The summed E-state index contributed by atoms with van der Waals surface area (Å²) in [6.07, 6.45) is 6.05. The fourth-order valence-electron chi connectivity index (χ4n) is 5.48. The summed E-state index contributed by atoms with van der Waals surface area (Å²) in [6.45, 7) is 8.52. The molecule has 1 saturated heterocycles. The molecule has 12 heteroatoms. The van der Waals surface area contributed by atoms with Gasteiger partial charge in [0, 0.05) is 42.1 Å². The largest absolute Gasteiger partial charge is 0.377 e. The summed E-state index contributed by atoms with van der Waals surface area (Å²) < 4.78 is 13.4. The zero-order chi connectivity index (χ0) is 28.4. The number of hydrogen-bond donors (Lipinski definition) is 1. The molecule has 5 rings (SSSR count). The van der Waals surface area contributed by atoms with E-state index in [2.05, 4.69) is 42.9 Å². The van der Waals surface area contributed by atoms with Gasteiger partial charge >= 0.3 is 0 Å². The van der Waals surface area contributed by atoms with E-state index in [4.69, 9.17) is 9.47 Å². The zero-order valence-corrected chi connectivity index (χ0v) is 24.0. The average molecular weight is 611 g/mol. The summed E-state index contributed by atoms with van der Waals surface area (Å²) in [5.74, 6) is -0.421. The van der Waals surface area contributed by atoms with Crippen LogP contribution >= 0.6 is 15.9 Å². The number of piperidine rings is 1. The highest BCUT2D eigenvalue weighted by molar-refractivity contribution is 9.10. The van der Waals surface area contributed by atoms with Crippen LogP contribution in [0.4, 0.5) is 5.82 Å². The van der Waals surface area contributed by atoms with Crippen LogP contribution in [0.15, 0.2) is 47.9 Å². The molecule has 1 saturated carbocycles. The number of ether oxygens (including phenoxy) is 2. The van der Waals surface area contributed by atoms with Gasteiger partial charge in [-0.1, -0.05) is 12.1 Å². The SMILES string of the molecule is C=CCOC[C@@]12C[C@@H](C(=O)Nc3nc(Br)ccc3COCC)N(C(=O)Cn3nc(C(C)=O)c4ccncc43)[C@@H]1C2. The number of rotatable bonds is 12. The number of pyridine rings is 2. The van der Waals surface area contributed by atoms with Crippen molar-refractivity contribution in [3.63, 3.8) is 0 Å². The maximum absolute atomic E-state index is 13.9. The van der Waals surface area contributed by atoms with E-state index in [1.807, 2.05) is 13.0 Å². The summed E-state index contributed by atoms with van der Waals surface area (Å²) in [5.41, 5.74) is 1.28. The van der Waals surface area contributed by atoms with Crippen molar-refractivity contribution >= 4 is 50.2 Å². The summed E-state index contributed by atoms with van der Waals surface area (Å²) in [6, 6.07) is 4.46. The molecule has 1 N–H and O–H groups in total. The molecule has 40 heavy (non-hydrogen) atoms. The van der Waals surface area contributed by atoms with E-state index in [9.17, 15) is 14.4 Å². The Labute approximate surface area is 240 Å². The number of carbonyl (C=O) groups excluding carboxylic acids is 3. The van der Waals surface area contributed by atoms with Crippen LogP contribution in [0.3, 0.4) is 0 Å². The van der Waals surface area contributed by atoms with Crippen molar-refractivity contribution in [1.82, 2.24) is 24.6 Å². The van der Waals surface area contributed by atoms with Gasteiger partial charge in [-0.3, -0.25) is 24.0 Å². The van der Waals surface area contributed by atoms with E-state index in [1.54, 1.807) is 35.5 Å². The van der Waals surface area contributed by atoms with Gasteiger partial charge in [-0.2, -0.15) is 5.10 Å². The predicted octanol–water partition coefficient (Wildman–Crippen LogP) is 3.53. The molecule has 2 fully saturated rings. The first kappa shape index (κ1) is 28.1. The van der Waals surface area contributed by atoms with E-state index >= 15 is 0 Å². The van der Waals surface area contributed by atoms with Crippen LogP contribution in [0, 0.1) is 5.41 Å². The van der Waals surface area contributed by atoms with Crippen LogP contribution in [0.2, 0.25) is 0 Å². The smallest absolute Gasteiger partial charge is 0.248 e. The number of carbonyl (C=O) groups is 3. The number of ketones is 1. The van der Waals surface area contributed by atoms with E-state index in [0.717, 1.165) is 12.0 Å². The highest BCUT2D eigenvalue weighted by Gasteiger charge is 2.67. The third kappa shape index (κ3) is 5.43. The number of anilines is 1. The Hall–Kier alpha value is -3.48. The number of aromatic nitrogens is 4. The Morgan fingerprint density at radius 2 is 2.08 bits per heavy atom. The van der Waals surface area contributed by atoms with Gasteiger partial charge in [0.15, 0.2) is 5.78 Å². The Balaban J connectivity index is 1.42. The molecule has 11 nitrogen and oxygen atoms in total. The standard InChI is InChI=1S/C28H31BrN6O5/c1-4-10-40-16-28-11-20(27(38)32-26-18(15-39-5-2)6-7-23(29)31-26)35(22(28)12-28)24(37)14-34-21-13-30-9-8-19(21)25(33-34)17(3)36/h4,6-9,13,20,22H,1,5,10-12,14-16H2,2-3H3,(H,31,32,38)/t20-,22+,28-/m0/s1. The highest BCUT2D eigenvalue weighted by Crippen LogP contribution is 2.59. The lowest BCUT2D eigenvalue weighted by Gasteiger charge is -2.27. The van der Waals surface area contributed by atoms with Crippen molar-refractivity contribution in [2.45, 2.75) is 51.9 Å². The first-order valence-corrected chi connectivity index (χ1v) is 13.9. The molecule has 3 atom stereocenters. The van der Waals surface area contributed by atoms with Crippen LogP contribution in [-0.2, 0) is 32.2 Å². The summed E-state index contributed by atoms with van der Waals surface area (Å²) in [7, 11) is 0. The van der Waals surface area contributed by atoms with Gasteiger partial charge in [0.05, 0.1) is 31.5 Å². The lowest BCUT2D eigenvalue weighted by Crippen LogP contribution is -2.47. The Morgan fingerprint density at radius 3 is 2.83 bits per heavy atom. The number of nitrogens with zero attached hydrogens (tertiary/aromatic N) is 5. The normalized spacial score (nSPS) is 21.3. The molecular weight excluding hydrogens is 580 g/mol.